The SMILES string of the molecule is COC1(c2ccccc2)C(C2=CCCCC2)=CC2C1[C@H]1C=C[C@@H]2C1. The molecule has 0 heterocycles. The summed E-state index contributed by atoms with van der Waals surface area (Å²) in [5.74, 6) is 2.61. The van der Waals surface area contributed by atoms with Crippen molar-refractivity contribution in [1.82, 2.24) is 0 Å². The third-order valence-corrected chi connectivity index (χ3v) is 6.91. The van der Waals surface area contributed by atoms with Gasteiger partial charge in [0.1, 0.15) is 5.60 Å². The molecule has 5 rings (SSSR count). The molecule has 1 aromatic rings. The van der Waals surface area contributed by atoms with Crippen LogP contribution in [0.15, 0.2) is 65.8 Å². The van der Waals surface area contributed by atoms with E-state index in [9.17, 15) is 0 Å². The van der Waals surface area contributed by atoms with Crippen molar-refractivity contribution in [3.63, 3.8) is 0 Å². The lowest BCUT2D eigenvalue weighted by atomic mass is 9.70. The first kappa shape index (κ1) is 14.7. The highest BCUT2D eigenvalue weighted by Crippen LogP contribution is 2.64. The van der Waals surface area contributed by atoms with E-state index in [1.165, 1.54) is 43.2 Å². The van der Waals surface area contributed by atoms with Crippen molar-refractivity contribution >= 4 is 0 Å². The van der Waals surface area contributed by atoms with Crippen molar-refractivity contribution in [1.29, 1.82) is 0 Å². The number of benzene rings is 1. The highest BCUT2D eigenvalue weighted by Gasteiger charge is 2.60. The smallest absolute Gasteiger partial charge is 0.122 e. The number of hydrogen-bond donors (Lipinski definition) is 0. The van der Waals surface area contributed by atoms with Crippen molar-refractivity contribution in [3.8, 4) is 0 Å². The lowest BCUT2D eigenvalue weighted by molar-refractivity contribution is -0.0394. The zero-order chi connectivity index (χ0) is 16.1. The van der Waals surface area contributed by atoms with E-state index >= 15 is 0 Å². The quantitative estimate of drug-likeness (QED) is 0.677. The summed E-state index contributed by atoms with van der Waals surface area (Å²) >= 11 is 0. The summed E-state index contributed by atoms with van der Waals surface area (Å²) in [7, 11) is 1.93. The Morgan fingerprint density at radius 1 is 1.04 bits per heavy atom. The summed E-state index contributed by atoms with van der Waals surface area (Å²) in [5.41, 5.74) is 4.14. The largest absolute Gasteiger partial charge is 0.368 e. The molecule has 1 heteroatoms. The number of rotatable bonds is 3. The van der Waals surface area contributed by atoms with Crippen LogP contribution in [0.2, 0.25) is 0 Å². The summed E-state index contributed by atoms with van der Waals surface area (Å²) < 4.78 is 6.47. The highest BCUT2D eigenvalue weighted by molar-refractivity contribution is 5.52. The highest BCUT2D eigenvalue weighted by atomic mass is 16.5. The van der Waals surface area contributed by atoms with Crippen LogP contribution in [0.3, 0.4) is 0 Å². The topological polar surface area (TPSA) is 9.23 Å². The van der Waals surface area contributed by atoms with Gasteiger partial charge in [0.05, 0.1) is 0 Å². The van der Waals surface area contributed by atoms with Crippen LogP contribution < -0.4 is 0 Å². The number of fused-ring (bicyclic) bond motifs is 5. The molecular weight excluding hydrogens is 292 g/mol. The van der Waals surface area contributed by atoms with E-state index in [0.717, 1.165) is 5.92 Å². The molecule has 1 saturated carbocycles. The van der Waals surface area contributed by atoms with Crippen LogP contribution >= 0.6 is 0 Å². The Bertz CT molecular complexity index is 726. The van der Waals surface area contributed by atoms with Crippen LogP contribution in [-0.2, 0) is 10.3 Å². The molecule has 4 aliphatic carbocycles. The van der Waals surface area contributed by atoms with Crippen LogP contribution in [0.5, 0.6) is 0 Å². The van der Waals surface area contributed by atoms with Gasteiger partial charge in [0, 0.05) is 13.0 Å². The van der Waals surface area contributed by atoms with Crippen molar-refractivity contribution < 1.29 is 4.74 Å². The van der Waals surface area contributed by atoms with Gasteiger partial charge >= 0.3 is 0 Å². The molecule has 0 amide bonds. The number of ether oxygens (including phenoxy) is 1. The fourth-order valence-corrected chi connectivity index (χ4v) is 5.98. The number of hydrogen-bond acceptors (Lipinski definition) is 1. The van der Waals surface area contributed by atoms with Crippen LogP contribution in [0.25, 0.3) is 0 Å². The summed E-state index contributed by atoms with van der Waals surface area (Å²) in [4.78, 5) is 0. The van der Waals surface area contributed by atoms with Crippen molar-refractivity contribution in [3.05, 3.63) is 71.3 Å². The molecule has 4 aliphatic rings. The van der Waals surface area contributed by atoms with Crippen LogP contribution in [0.4, 0.5) is 0 Å². The molecule has 5 atom stereocenters. The average Bonchev–Trinajstić information content (AvgIpc) is 3.34. The molecule has 124 valence electrons. The molecule has 1 nitrogen and oxygen atoms in total. The summed E-state index contributed by atoms with van der Waals surface area (Å²) in [6.45, 7) is 0. The fraction of sp³-hybridized carbons (Fsp3) is 0.478. The van der Waals surface area contributed by atoms with Crippen LogP contribution in [-0.4, -0.2) is 7.11 Å². The van der Waals surface area contributed by atoms with Gasteiger partial charge in [-0.15, -0.1) is 0 Å². The summed E-state index contributed by atoms with van der Waals surface area (Å²) in [6, 6.07) is 11.0. The monoisotopic (exact) mass is 318 g/mol. The van der Waals surface area contributed by atoms with E-state index in [-0.39, 0.29) is 5.60 Å². The first-order valence-electron chi connectivity index (χ1n) is 9.55. The molecule has 0 radical (unpaired) electrons. The molecule has 1 fully saturated rings. The second kappa shape index (κ2) is 5.46. The van der Waals surface area contributed by atoms with E-state index in [1.807, 2.05) is 7.11 Å². The lowest BCUT2D eigenvalue weighted by Gasteiger charge is -2.41. The van der Waals surface area contributed by atoms with E-state index in [4.69, 9.17) is 4.74 Å². The van der Waals surface area contributed by atoms with Gasteiger partial charge in [-0.05, 0) is 66.6 Å². The predicted octanol–water partition coefficient (Wildman–Crippen LogP) is 5.41. The molecule has 0 aliphatic heterocycles. The molecule has 1 aromatic carbocycles. The van der Waals surface area contributed by atoms with Crippen LogP contribution in [0, 0.1) is 23.7 Å². The normalized spacial score (nSPS) is 39.7. The molecule has 0 spiro atoms. The molecule has 3 unspecified atom stereocenters. The number of allylic oxidation sites excluding steroid dienone is 4. The van der Waals surface area contributed by atoms with Gasteiger partial charge in [0.15, 0.2) is 0 Å². The zero-order valence-corrected chi connectivity index (χ0v) is 14.4. The van der Waals surface area contributed by atoms with Crippen LogP contribution in [0.1, 0.15) is 37.7 Å². The zero-order valence-electron chi connectivity index (χ0n) is 14.4. The second-order valence-corrected chi connectivity index (χ2v) is 7.91. The van der Waals surface area contributed by atoms with Gasteiger partial charge in [0.25, 0.3) is 0 Å². The van der Waals surface area contributed by atoms with E-state index < -0.39 is 0 Å². The van der Waals surface area contributed by atoms with Crippen molar-refractivity contribution in [2.24, 2.45) is 23.7 Å². The minimum absolute atomic E-state index is 0.251. The molecule has 24 heavy (non-hydrogen) atoms. The lowest BCUT2D eigenvalue weighted by Crippen LogP contribution is -2.40. The Hall–Kier alpha value is -1.60. The molecule has 0 aromatic heterocycles. The standard InChI is InChI=1S/C23H26O/c1-24-23(19-10-6-3-7-11-19)21(16-8-4-2-5-9-16)15-20-17-12-13-18(14-17)22(20)23/h3,6-8,10-13,15,17-18,20,22H,2,4-5,9,14H2,1H3/t17-,18+,20?,22?,23?/m1/s1. The number of methoxy groups -OCH3 is 1. The minimum atomic E-state index is -0.251. The Balaban J connectivity index is 1.69. The Morgan fingerprint density at radius 2 is 1.88 bits per heavy atom. The molecule has 2 bridgehead atoms. The van der Waals surface area contributed by atoms with E-state index in [0.29, 0.717) is 17.8 Å². The maximum atomic E-state index is 6.47. The van der Waals surface area contributed by atoms with E-state index in [1.54, 1.807) is 5.57 Å². The minimum Gasteiger partial charge on any atom is -0.368 e. The second-order valence-electron chi connectivity index (χ2n) is 7.91. The van der Waals surface area contributed by atoms with Gasteiger partial charge in [-0.1, -0.05) is 54.6 Å². The molecular formula is C23H26O. The summed E-state index contributed by atoms with van der Waals surface area (Å²) in [6.07, 6.45) is 16.4. The van der Waals surface area contributed by atoms with Gasteiger partial charge in [-0.3, -0.25) is 0 Å². The average molecular weight is 318 g/mol. The third kappa shape index (κ3) is 1.85. The van der Waals surface area contributed by atoms with Gasteiger partial charge in [-0.2, -0.15) is 0 Å². The van der Waals surface area contributed by atoms with Crippen molar-refractivity contribution in [2.75, 3.05) is 7.11 Å². The predicted molar refractivity (Wildman–Crippen MR) is 97.5 cm³/mol. The Labute approximate surface area is 145 Å². The first-order valence-corrected chi connectivity index (χ1v) is 9.55. The first-order chi connectivity index (χ1) is 11.8. The molecule has 0 saturated heterocycles. The van der Waals surface area contributed by atoms with Gasteiger partial charge in [-0.25, -0.2) is 0 Å². The van der Waals surface area contributed by atoms with E-state index in [2.05, 4.69) is 54.6 Å². The maximum absolute atomic E-state index is 6.47. The van der Waals surface area contributed by atoms with Gasteiger partial charge in [0.2, 0.25) is 0 Å². The summed E-state index contributed by atoms with van der Waals surface area (Å²) in [5, 5.41) is 0. The third-order valence-electron chi connectivity index (χ3n) is 6.91. The maximum Gasteiger partial charge on any atom is 0.122 e. The van der Waals surface area contributed by atoms with Crippen molar-refractivity contribution in [2.45, 2.75) is 37.7 Å². The van der Waals surface area contributed by atoms with Gasteiger partial charge < -0.3 is 4.74 Å². The Kier molecular flexibility index (Phi) is 3.35. The molecule has 0 N–H and O–H groups in total. The fourth-order valence-electron chi connectivity index (χ4n) is 5.98. The Morgan fingerprint density at radius 3 is 2.62 bits per heavy atom.